The Hall–Kier alpha value is -1.19. The lowest BCUT2D eigenvalue weighted by Crippen LogP contribution is -2.24. The monoisotopic (exact) mass is 243 g/mol. The van der Waals surface area contributed by atoms with E-state index in [1.807, 2.05) is 0 Å². The predicted molar refractivity (Wildman–Crippen MR) is 62.1 cm³/mol. The van der Waals surface area contributed by atoms with Gasteiger partial charge in [0.1, 0.15) is 0 Å². The van der Waals surface area contributed by atoms with Gasteiger partial charge in [-0.15, -0.1) is 0 Å². The highest BCUT2D eigenvalue weighted by molar-refractivity contribution is 5.49. The van der Waals surface area contributed by atoms with Crippen molar-refractivity contribution in [3.05, 3.63) is 29.8 Å². The van der Waals surface area contributed by atoms with E-state index in [0.29, 0.717) is 5.69 Å². The summed E-state index contributed by atoms with van der Waals surface area (Å²) >= 11 is 0. The number of hydrogen-bond acceptors (Lipinski definition) is 1. The molecule has 0 saturated carbocycles. The van der Waals surface area contributed by atoms with Gasteiger partial charge >= 0.3 is 6.18 Å². The molecule has 0 radical (unpaired) electrons. The van der Waals surface area contributed by atoms with E-state index < -0.39 is 11.7 Å². The van der Waals surface area contributed by atoms with Crippen molar-refractivity contribution in [3.8, 4) is 0 Å². The summed E-state index contributed by atoms with van der Waals surface area (Å²) in [6.45, 7) is 1.72. The van der Waals surface area contributed by atoms with E-state index in [1.54, 1.807) is 6.07 Å². The maximum atomic E-state index is 12.6. The van der Waals surface area contributed by atoms with Gasteiger partial charge in [-0.25, -0.2) is 0 Å². The smallest absolute Gasteiger partial charge is 0.372 e. The second-order valence-electron chi connectivity index (χ2n) is 4.45. The number of alkyl halides is 3. The molecule has 4 heteroatoms. The normalized spacial score (nSPS) is 17.9. The van der Waals surface area contributed by atoms with E-state index in [1.165, 1.54) is 25.0 Å². The molecule has 1 heterocycles. The molecule has 0 aromatic heterocycles. The second-order valence-corrected chi connectivity index (χ2v) is 4.45. The standard InChI is InChI=1S/C13H16F3N/c14-13(15,16)11-6-5-7-12(10-11)17-8-3-1-2-4-9-17/h5-7,10H,1-4,8-9H2. The number of rotatable bonds is 1. The maximum Gasteiger partial charge on any atom is 0.416 e. The summed E-state index contributed by atoms with van der Waals surface area (Å²) < 4.78 is 37.8. The Morgan fingerprint density at radius 1 is 0.941 bits per heavy atom. The highest BCUT2D eigenvalue weighted by Gasteiger charge is 2.30. The lowest BCUT2D eigenvalue weighted by Gasteiger charge is -2.23. The largest absolute Gasteiger partial charge is 0.416 e. The van der Waals surface area contributed by atoms with Gasteiger partial charge in [0.2, 0.25) is 0 Å². The van der Waals surface area contributed by atoms with Crippen molar-refractivity contribution in [3.63, 3.8) is 0 Å². The van der Waals surface area contributed by atoms with Crippen molar-refractivity contribution in [2.75, 3.05) is 18.0 Å². The van der Waals surface area contributed by atoms with Gasteiger partial charge in [-0.1, -0.05) is 18.9 Å². The summed E-state index contributed by atoms with van der Waals surface area (Å²) in [7, 11) is 0. The maximum absolute atomic E-state index is 12.6. The Balaban J connectivity index is 2.20. The molecule has 1 aromatic rings. The number of benzene rings is 1. The molecule has 94 valence electrons. The van der Waals surface area contributed by atoms with Gasteiger partial charge in [-0.2, -0.15) is 13.2 Å². The Labute approximate surface area is 99.2 Å². The van der Waals surface area contributed by atoms with Gasteiger partial charge in [-0.3, -0.25) is 0 Å². The van der Waals surface area contributed by atoms with Crippen LogP contribution in [-0.4, -0.2) is 13.1 Å². The molecule has 0 atom stereocenters. The molecule has 1 aromatic carbocycles. The van der Waals surface area contributed by atoms with Crippen LogP contribution in [0.2, 0.25) is 0 Å². The molecule has 1 fully saturated rings. The average molecular weight is 243 g/mol. The van der Waals surface area contributed by atoms with Crippen LogP contribution in [0.1, 0.15) is 31.2 Å². The van der Waals surface area contributed by atoms with Crippen LogP contribution in [0.5, 0.6) is 0 Å². The zero-order chi connectivity index (χ0) is 12.3. The van der Waals surface area contributed by atoms with Crippen molar-refractivity contribution in [1.29, 1.82) is 0 Å². The lowest BCUT2D eigenvalue weighted by atomic mass is 10.1. The van der Waals surface area contributed by atoms with Crippen molar-refractivity contribution >= 4 is 5.69 Å². The van der Waals surface area contributed by atoms with E-state index in [9.17, 15) is 13.2 Å². The fourth-order valence-electron chi connectivity index (χ4n) is 2.21. The molecular formula is C13H16F3N. The molecule has 2 rings (SSSR count). The molecule has 1 saturated heterocycles. The number of anilines is 1. The molecule has 0 spiro atoms. The Kier molecular flexibility index (Phi) is 3.60. The lowest BCUT2D eigenvalue weighted by molar-refractivity contribution is -0.137. The molecule has 0 amide bonds. The molecule has 1 aliphatic rings. The van der Waals surface area contributed by atoms with Crippen molar-refractivity contribution in [1.82, 2.24) is 0 Å². The van der Waals surface area contributed by atoms with Crippen LogP contribution in [-0.2, 0) is 6.18 Å². The van der Waals surface area contributed by atoms with Crippen LogP contribution in [0.25, 0.3) is 0 Å². The summed E-state index contributed by atoms with van der Waals surface area (Å²) in [6, 6.07) is 5.64. The number of nitrogens with zero attached hydrogens (tertiary/aromatic N) is 1. The van der Waals surface area contributed by atoms with Crippen molar-refractivity contribution in [2.24, 2.45) is 0 Å². The third-order valence-electron chi connectivity index (χ3n) is 3.14. The van der Waals surface area contributed by atoms with E-state index in [2.05, 4.69) is 4.90 Å². The molecule has 0 N–H and O–H groups in total. The zero-order valence-electron chi connectivity index (χ0n) is 9.63. The summed E-state index contributed by atoms with van der Waals surface area (Å²) in [6.07, 6.45) is 0.235. The average Bonchev–Trinajstić information content (AvgIpc) is 2.56. The van der Waals surface area contributed by atoms with Crippen LogP contribution in [0, 0.1) is 0 Å². The van der Waals surface area contributed by atoms with E-state index in [-0.39, 0.29) is 0 Å². The molecule has 0 aliphatic carbocycles. The van der Waals surface area contributed by atoms with Gasteiger partial charge < -0.3 is 4.90 Å². The van der Waals surface area contributed by atoms with Crippen molar-refractivity contribution in [2.45, 2.75) is 31.9 Å². The van der Waals surface area contributed by atoms with Gasteiger partial charge in [0.05, 0.1) is 5.56 Å². The highest BCUT2D eigenvalue weighted by atomic mass is 19.4. The summed E-state index contributed by atoms with van der Waals surface area (Å²) in [5, 5.41) is 0. The fraction of sp³-hybridized carbons (Fsp3) is 0.538. The first-order valence-electron chi connectivity index (χ1n) is 5.99. The van der Waals surface area contributed by atoms with Crippen LogP contribution in [0.15, 0.2) is 24.3 Å². The third kappa shape index (κ3) is 3.14. The minimum absolute atomic E-state index is 0.556. The SMILES string of the molecule is FC(F)(F)c1cccc(N2CCCCCC2)c1. The Morgan fingerprint density at radius 2 is 1.59 bits per heavy atom. The quantitative estimate of drug-likeness (QED) is 0.718. The molecule has 0 unspecified atom stereocenters. The zero-order valence-corrected chi connectivity index (χ0v) is 9.63. The van der Waals surface area contributed by atoms with Gasteiger partial charge in [0.25, 0.3) is 0 Å². The number of halogens is 3. The summed E-state index contributed by atoms with van der Waals surface area (Å²) in [4.78, 5) is 2.06. The predicted octanol–water partition coefficient (Wildman–Crippen LogP) is 4.09. The van der Waals surface area contributed by atoms with E-state index in [4.69, 9.17) is 0 Å². The van der Waals surface area contributed by atoms with Crippen LogP contribution in [0.4, 0.5) is 18.9 Å². The van der Waals surface area contributed by atoms with Crippen LogP contribution < -0.4 is 4.90 Å². The van der Waals surface area contributed by atoms with Gasteiger partial charge in [0, 0.05) is 18.8 Å². The highest BCUT2D eigenvalue weighted by Crippen LogP contribution is 2.32. The van der Waals surface area contributed by atoms with Crippen LogP contribution >= 0.6 is 0 Å². The summed E-state index contributed by atoms with van der Waals surface area (Å²) in [5.74, 6) is 0. The first-order valence-corrected chi connectivity index (χ1v) is 5.99. The minimum Gasteiger partial charge on any atom is -0.372 e. The van der Waals surface area contributed by atoms with Crippen LogP contribution in [0.3, 0.4) is 0 Å². The van der Waals surface area contributed by atoms with Gasteiger partial charge in [0.15, 0.2) is 0 Å². The molecule has 0 bridgehead atoms. The van der Waals surface area contributed by atoms with E-state index >= 15 is 0 Å². The Bertz CT molecular complexity index is 365. The molecule has 1 aliphatic heterocycles. The van der Waals surface area contributed by atoms with E-state index in [0.717, 1.165) is 32.0 Å². The van der Waals surface area contributed by atoms with Gasteiger partial charge in [-0.05, 0) is 31.0 Å². The topological polar surface area (TPSA) is 3.24 Å². The third-order valence-corrected chi connectivity index (χ3v) is 3.14. The number of hydrogen-bond donors (Lipinski definition) is 0. The van der Waals surface area contributed by atoms with Crippen molar-refractivity contribution < 1.29 is 13.2 Å². The fourth-order valence-corrected chi connectivity index (χ4v) is 2.21. The Morgan fingerprint density at radius 3 is 2.18 bits per heavy atom. The second kappa shape index (κ2) is 4.98. The summed E-state index contributed by atoms with van der Waals surface area (Å²) in [5.41, 5.74) is 0.140. The first kappa shape index (κ1) is 12.3. The molecule has 1 nitrogen and oxygen atoms in total. The molecular weight excluding hydrogens is 227 g/mol. The first-order chi connectivity index (χ1) is 8.07. The molecule has 17 heavy (non-hydrogen) atoms. The minimum atomic E-state index is -4.25.